The van der Waals surface area contributed by atoms with Gasteiger partial charge < -0.3 is 19.5 Å². The van der Waals surface area contributed by atoms with Crippen molar-refractivity contribution in [1.82, 2.24) is 20.4 Å². The molecule has 0 radical (unpaired) electrons. The number of alkyl halides is 3. The Kier molecular flexibility index (Phi) is 6.45. The number of benzene rings is 1. The Morgan fingerprint density at radius 1 is 1.24 bits per heavy atom. The summed E-state index contributed by atoms with van der Waals surface area (Å²) >= 11 is 0. The first kappa shape index (κ1) is 23.5. The van der Waals surface area contributed by atoms with Crippen LogP contribution in [0.1, 0.15) is 41.4 Å². The van der Waals surface area contributed by atoms with Gasteiger partial charge in [0.25, 0.3) is 11.6 Å². The van der Waals surface area contributed by atoms with Gasteiger partial charge in [-0.1, -0.05) is 23.4 Å². The average molecular weight is 476 g/mol. The van der Waals surface area contributed by atoms with Crippen molar-refractivity contribution in [3.8, 4) is 11.3 Å². The van der Waals surface area contributed by atoms with E-state index in [1.54, 1.807) is 18.7 Å². The van der Waals surface area contributed by atoms with E-state index in [1.165, 1.54) is 24.3 Å². The third-order valence-corrected chi connectivity index (χ3v) is 5.73. The van der Waals surface area contributed by atoms with Crippen LogP contribution in [0.3, 0.4) is 0 Å². The van der Waals surface area contributed by atoms with Crippen LogP contribution in [0.2, 0.25) is 0 Å². The zero-order valence-corrected chi connectivity index (χ0v) is 18.6. The normalized spacial score (nSPS) is 14.9. The fraction of sp³-hybridized carbons (Fsp3) is 0.391. The first-order valence-electron chi connectivity index (χ1n) is 10.8. The molecule has 2 amide bonds. The number of carbonyl (C=O) groups excluding carboxylic acids is 2. The molecule has 34 heavy (non-hydrogen) atoms. The summed E-state index contributed by atoms with van der Waals surface area (Å²) in [6, 6.07) is 6.14. The highest BCUT2D eigenvalue weighted by Gasteiger charge is 2.34. The van der Waals surface area contributed by atoms with Gasteiger partial charge in [-0.2, -0.15) is 13.2 Å². The third-order valence-electron chi connectivity index (χ3n) is 5.73. The lowest BCUT2D eigenvalue weighted by atomic mass is 9.99. The molecule has 0 bridgehead atoms. The Bertz CT molecular complexity index is 1220. The molecule has 1 N–H and O–H groups in total. The number of aromatic nitrogens is 2. The van der Waals surface area contributed by atoms with Crippen LogP contribution in [0, 0.1) is 6.92 Å². The van der Waals surface area contributed by atoms with Gasteiger partial charge in [-0.3, -0.25) is 4.79 Å². The molecule has 4 rings (SSSR count). The molecule has 2 aromatic heterocycles. The minimum Gasteiger partial charge on any atom is -0.450 e. The summed E-state index contributed by atoms with van der Waals surface area (Å²) < 4.78 is 50.9. The van der Waals surface area contributed by atoms with Gasteiger partial charge in [0.1, 0.15) is 0 Å². The molecule has 3 aromatic rings. The highest BCUT2D eigenvalue weighted by molar-refractivity contribution is 6.07. The lowest BCUT2D eigenvalue weighted by Crippen LogP contribution is -2.46. The fourth-order valence-electron chi connectivity index (χ4n) is 4.05. The second-order valence-electron chi connectivity index (χ2n) is 7.98. The maximum Gasteiger partial charge on any atom is 0.417 e. The van der Waals surface area contributed by atoms with Gasteiger partial charge in [0, 0.05) is 24.7 Å². The smallest absolute Gasteiger partial charge is 0.417 e. The number of halogens is 3. The van der Waals surface area contributed by atoms with Gasteiger partial charge in [-0.05, 0) is 38.8 Å². The molecule has 11 heteroatoms. The highest BCUT2D eigenvalue weighted by atomic mass is 19.4. The van der Waals surface area contributed by atoms with Crippen molar-refractivity contribution in [3.63, 3.8) is 0 Å². The number of carbonyl (C=O) groups is 2. The van der Waals surface area contributed by atoms with Crippen molar-refractivity contribution in [2.45, 2.75) is 38.9 Å². The predicted molar refractivity (Wildman–Crippen MR) is 116 cm³/mol. The lowest BCUT2D eigenvalue weighted by molar-refractivity contribution is -0.137. The SMILES string of the molecule is CCOC(=O)N1CCC(NC(=O)c2cc(-c3ccccc3C(F)(F)F)nc3onc(C)c23)CC1. The maximum absolute atomic E-state index is 13.6. The van der Waals surface area contributed by atoms with Crippen molar-refractivity contribution in [3.05, 3.63) is 47.2 Å². The van der Waals surface area contributed by atoms with Crippen molar-refractivity contribution in [2.24, 2.45) is 0 Å². The zero-order chi connectivity index (χ0) is 24.5. The van der Waals surface area contributed by atoms with Crippen molar-refractivity contribution < 1.29 is 32.0 Å². The molecule has 1 aliphatic heterocycles. The summed E-state index contributed by atoms with van der Waals surface area (Å²) in [4.78, 5) is 30.9. The topological polar surface area (TPSA) is 97.6 Å². The predicted octanol–water partition coefficient (Wildman–Crippen LogP) is 4.57. The zero-order valence-electron chi connectivity index (χ0n) is 18.6. The minimum absolute atomic E-state index is 0.0192. The summed E-state index contributed by atoms with van der Waals surface area (Å²) in [5.41, 5.74) is -0.560. The highest BCUT2D eigenvalue weighted by Crippen LogP contribution is 2.37. The Morgan fingerprint density at radius 3 is 2.62 bits per heavy atom. The van der Waals surface area contributed by atoms with Crippen LogP contribution in [-0.4, -0.2) is 52.8 Å². The van der Waals surface area contributed by atoms with Crippen molar-refractivity contribution in [1.29, 1.82) is 0 Å². The quantitative estimate of drug-likeness (QED) is 0.593. The van der Waals surface area contributed by atoms with Crippen LogP contribution in [-0.2, 0) is 10.9 Å². The number of hydrogen-bond acceptors (Lipinski definition) is 6. The van der Waals surface area contributed by atoms with E-state index in [4.69, 9.17) is 9.26 Å². The molecule has 1 aromatic carbocycles. The Balaban J connectivity index is 1.63. The van der Waals surface area contributed by atoms with Crippen LogP contribution >= 0.6 is 0 Å². The molecule has 0 spiro atoms. The number of nitrogens with zero attached hydrogens (tertiary/aromatic N) is 3. The molecule has 0 unspecified atom stereocenters. The number of nitrogens with one attached hydrogen (secondary N) is 1. The molecule has 0 saturated carbocycles. The molecule has 0 atom stereocenters. The maximum atomic E-state index is 13.6. The summed E-state index contributed by atoms with van der Waals surface area (Å²) in [6.07, 6.45) is -3.95. The van der Waals surface area contributed by atoms with E-state index in [0.717, 1.165) is 6.07 Å². The molecule has 180 valence electrons. The first-order chi connectivity index (χ1) is 16.2. The molecular weight excluding hydrogens is 453 g/mol. The first-order valence-corrected chi connectivity index (χ1v) is 10.8. The van der Waals surface area contributed by atoms with Gasteiger partial charge in [-0.15, -0.1) is 0 Å². The van der Waals surface area contributed by atoms with Gasteiger partial charge in [0.05, 0.1) is 34.5 Å². The molecule has 1 saturated heterocycles. The molecular formula is C23H23F3N4O4. The molecule has 8 nitrogen and oxygen atoms in total. The molecule has 0 aliphatic carbocycles. The number of pyridine rings is 1. The van der Waals surface area contributed by atoms with Crippen LogP contribution < -0.4 is 5.32 Å². The Hall–Kier alpha value is -3.63. The van der Waals surface area contributed by atoms with E-state index in [0.29, 0.717) is 37.0 Å². The van der Waals surface area contributed by atoms with Gasteiger partial charge in [-0.25, -0.2) is 9.78 Å². The fourth-order valence-corrected chi connectivity index (χ4v) is 4.05. The second-order valence-corrected chi connectivity index (χ2v) is 7.98. The standard InChI is InChI=1S/C23H23F3N4O4/c1-3-33-22(32)30-10-8-14(9-11-30)27-20(31)16-12-18(28-21-19(16)13(2)29-34-21)15-6-4-5-7-17(15)23(24,25)26/h4-7,12,14H,3,8-11H2,1-2H3,(H,27,31). The summed E-state index contributed by atoms with van der Waals surface area (Å²) in [5.74, 6) is -0.473. The largest absolute Gasteiger partial charge is 0.450 e. The van der Waals surface area contributed by atoms with Crippen LogP contribution in [0.25, 0.3) is 22.4 Å². The van der Waals surface area contributed by atoms with Crippen LogP contribution in [0.5, 0.6) is 0 Å². The molecule has 1 aliphatic rings. The van der Waals surface area contributed by atoms with E-state index < -0.39 is 23.7 Å². The van der Waals surface area contributed by atoms with Gasteiger partial charge in [0.2, 0.25) is 0 Å². The summed E-state index contributed by atoms with van der Waals surface area (Å²) in [5, 5.41) is 7.11. The third kappa shape index (κ3) is 4.68. The van der Waals surface area contributed by atoms with Crippen LogP contribution in [0.4, 0.5) is 18.0 Å². The molecule has 1 fully saturated rings. The Labute approximate surface area is 193 Å². The van der Waals surface area contributed by atoms with Crippen molar-refractivity contribution >= 4 is 23.1 Å². The number of rotatable bonds is 4. The van der Waals surface area contributed by atoms with Gasteiger partial charge in [0.15, 0.2) is 0 Å². The summed E-state index contributed by atoms with van der Waals surface area (Å²) in [7, 11) is 0. The van der Waals surface area contributed by atoms with E-state index >= 15 is 0 Å². The lowest BCUT2D eigenvalue weighted by Gasteiger charge is -2.31. The average Bonchev–Trinajstić information content (AvgIpc) is 3.19. The monoisotopic (exact) mass is 476 g/mol. The number of fused-ring (bicyclic) bond motifs is 1. The number of piperidine rings is 1. The number of amides is 2. The number of hydrogen-bond donors (Lipinski definition) is 1. The summed E-state index contributed by atoms with van der Waals surface area (Å²) in [6.45, 7) is 4.49. The van der Waals surface area contributed by atoms with E-state index in [-0.39, 0.29) is 35.2 Å². The number of likely N-dealkylation sites (tertiary alicyclic amines) is 1. The van der Waals surface area contributed by atoms with E-state index in [2.05, 4.69) is 15.5 Å². The molecule has 3 heterocycles. The minimum atomic E-state index is -4.60. The van der Waals surface area contributed by atoms with Crippen LogP contribution in [0.15, 0.2) is 34.9 Å². The Morgan fingerprint density at radius 2 is 1.94 bits per heavy atom. The van der Waals surface area contributed by atoms with E-state index in [1.807, 2.05) is 0 Å². The number of aryl methyl sites for hydroxylation is 1. The van der Waals surface area contributed by atoms with E-state index in [9.17, 15) is 22.8 Å². The second kappa shape index (κ2) is 9.32. The van der Waals surface area contributed by atoms with Gasteiger partial charge >= 0.3 is 12.3 Å². The number of ether oxygens (including phenoxy) is 1. The van der Waals surface area contributed by atoms with Crippen molar-refractivity contribution in [2.75, 3.05) is 19.7 Å².